The molecule has 0 saturated carbocycles. The minimum Gasteiger partial charge on any atom is -0.469 e. The first kappa shape index (κ1) is 17.2. The van der Waals surface area contributed by atoms with Gasteiger partial charge in [-0.15, -0.1) is 0 Å². The molecular formula is C12H21NO6. The molecule has 7 nitrogen and oxygen atoms in total. The number of esters is 2. The van der Waals surface area contributed by atoms with Gasteiger partial charge < -0.3 is 14.2 Å². The highest BCUT2D eigenvalue weighted by molar-refractivity contribution is 5.79. The fourth-order valence-corrected chi connectivity index (χ4v) is 1.22. The summed E-state index contributed by atoms with van der Waals surface area (Å²) in [5.41, 5.74) is -0.638. The third-order valence-corrected chi connectivity index (χ3v) is 1.99. The van der Waals surface area contributed by atoms with Crippen LogP contribution in [0.5, 0.6) is 0 Å². The molecule has 0 atom stereocenters. The van der Waals surface area contributed by atoms with Crippen molar-refractivity contribution in [1.29, 1.82) is 0 Å². The van der Waals surface area contributed by atoms with E-state index in [0.717, 1.165) is 4.90 Å². The smallest absolute Gasteiger partial charge is 0.410 e. The molecule has 0 fully saturated rings. The van der Waals surface area contributed by atoms with Gasteiger partial charge >= 0.3 is 18.0 Å². The van der Waals surface area contributed by atoms with Gasteiger partial charge in [0, 0.05) is 6.54 Å². The molecule has 0 bridgehead atoms. The molecule has 0 radical (unpaired) electrons. The molecule has 0 unspecified atom stereocenters. The van der Waals surface area contributed by atoms with Crippen molar-refractivity contribution in [3.63, 3.8) is 0 Å². The van der Waals surface area contributed by atoms with E-state index in [4.69, 9.17) is 4.74 Å². The second-order valence-electron chi connectivity index (χ2n) is 4.80. The van der Waals surface area contributed by atoms with Gasteiger partial charge in [-0.3, -0.25) is 14.5 Å². The van der Waals surface area contributed by atoms with Crippen LogP contribution in [0.3, 0.4) is 0 Å². The van der Waals surface area contributed by atoms with Crippen LogP contribution in [0.2, 0.25) is 0 Å². The van der Waals surface area contributed by atoms with Gasteiger partial charge in [0.05, 0.1) is 20.6 Å². The zero-order valence-electron chi connectivity index (χ0n) is 12.0. The number of methoxy groups -OCH3 is 2. The summed E-state index contributed by atoms with van der Waals surface area (Å²) >= 11 is 0. The van der Waals surface area contributed by atoms with Crippen LogP contribution in [0.1, 0.15) is 27.2 Å². The van der Waals surface area contributed by atoms with Gasteiger partial charge in [0.25, 0.3) is 0 Å². The number of nitrogens with zero attached hydrogens (tertiary/aromatic N) is 1. The Kier molecular flexibility index (Phi) is 6.89. The molecule has 0 aromatic heterocycles. The SMILES string of the molecule is COC(=O)CCN(CC(=O)OC(C)(C)C)C(=O)OC. The number of hydrogen-bond donors (Lipinski definition) is 0. The summed E-state index contributed by atoms with van der Waals surface area (Å²) in [6, 6.07) is 0. The number of carbonyl (C=O) groups is 3. The molecule has 19 heavy (non-hydrogen) atoms. The van der Waals surface area contributed by atoms with Crippen molar-refractivity contribution in [3.05, 3.63) is 0 Å². The minimum absolute atomic E-state index is 0.0194. The first-order valence-corrected chi connectivity index (χ1v) is 5.81. The van der Waals surface area contributed by atoms with Crippen molar-refractivity contribution in [2.24, 2.45) is 0 Å². The number of ether oxygens (including phenoxy) is 3. The topological polar surface area (TPSA) is 82.1 Å². The number of carbonyl (C=O) groups excluding carboxylic acids is 3. The van der Waals surface area contributed by atoms with E-state index >= 15 is 0 Å². The Morgan fingerprint density at radius 3 is 2.00 bits per heavy atom. The lowest BCUT2D eigenvalue weighted by Gasteiger charge is -2.24. The second-order valence-corrected chi connectivity index (χ2v) is 4.80. The van der Waals surface area contributed by atoms with Gasteiger partial charge in [-0.05, 0) is 20.8 Å². The highest BCUT2D eigenvalue weighted by atomic mass is 16.6. The minimum atomic E-state index is -0.699. The Hall–Kier alpha value is -1.79. The first-order chi connectivity index (χ1) is 8.69. The third kappa shape index (κ3) is 8.01. The first-order valence-electron chi connectivity index (χ1n) is 5.81. The van der Waals surface area contributed by atoms with E-state index in [1.807, 2.05) is 0 Å². The van der Waals surface area contributed by atoms with E-state index in [1.165, 1.54) is 14.2 Å². The number of rotatable bonds is 5. The van der Waals surface area contributed by atoms with Crippen LogP contribution in [-0.2, 0) is 23.8 Å². The molecule has 7 heteroatoms. The second kappa shape index (κ2) is 7.60. The summed E-state index contributed by atoms with van der Waals surface area (Å²) in [6.07, 6.45) is -0.719. The van der Waals surface area contributed by atoms with Crippen LogP contribution < -0.4 is 0 Å². The van der Waals surface area contributed by atoms with Crippen molar-refractivity contribution in [1.82, 2.24) is 4.90 Å². The maximum atomic E-state index is 11.6. The van der Waals surface area contributed by atoms with Crippen LogP contribution in [0.4, 0.5) is 4.79 Å². The monoisotopic (exact) mass is 275 g/mol. The Balaban J connectivity index is 4.47. The Morgan fingerprint density at radius 1 is 1.00 bits per heavy atom. The molecule has 0 aliphatic carbocycles. The highest BCUT2D eigenvalue weighted by Gasteiger charge is 2.23. The van der Waals surface area contributed by atoms with Crippen molar-refractivity contribution in [3.8, 4) is 0 Å². The number of amides is 1. The molecule has 0 saturated heterocycles. The van der Waals surface area contributed by atoms with Crippen LogP contribution in [0.25, 0.3) is 0 Å². The predicted molar refractivity (Wildman–Crippen MR) is 66.5 cm³/mol. The summed E-state index contributed by atoms with van der Waals surface area (Å²) in [5.74, 6) is -1.04. The lowest BCUT2D eigenvalue weighted by atomic mass is 10.2. The van der Waals surface area contributed by atoms with Gasteiger partial charge in [-0.1, -0.05) is 0 Å². The molecule has 0 aliphatic heterocycles. The molecule has 0 N–H and O–H groups in total. The normalized spacial score (nSPS) is 10.6. The molecular weight excluding hydrogens is 254 g/mol. The lowest BCUT2D eigenvalue weighted by Crippen LogP contribution is -2.39. The predicted octanol–water partition coefficient (Wildman–Crippen LogP) is 0.960. The average molecular weight is 275 g/mol. The van der Waals surface area contributed by atoms with E-state index in [-0.39, 0.29) is 19.5 Å². The molecule has 0 aliphatic rings. The third-order valence-electron chi connectivity index (χ3n) is 1.99. The summed E-state index contributed by atoms with van der Waals surface area (Å²) in [6.45, 7) is 4.92. The molecule has 0 spiro atoms. The summed E-state index contributed by atoms with van der Waals surface area (Å²) in [7, 11) is 2.45. The van der Waals surface area contributed by atoms with Gasteiger partial charge in [0.2, 0.25) is 0 Å². The summed E-state index contributed by atoms with van der Waals surface area (Å²) in [4.78, 5) is 35.2. The zero-order chi connectivity index (χ0) is 15.1. The molecule has 0 heterocycles. The van der Waals surface area contributed by atoms with E-state index in [9.17, 15) is 14.4 Å². The Morgan fingerprint density at radius 2 is 1.58 bits per heavy atom. The molecule has 0 rings (SSSR count). The van der Waals surface area contributed by atoms with Crippen LogP contribution in [0, 0.1) is 0 Å². The fraction of sp³-hybridized carbons (Fsp3) is 0.750. The molecule has 110 valence electrons. The van der Waals surface area contributed by atoms with Crippen molar-refractivity contribution >= 4 is 18.0 Å². The largest absolute Gasteiger partial charge is 0.469 e. The van der Waals surface area contributed by atoms with E-state index in [2.05, 4.69) is 9.47 Å². The quantitative estimate of drug-likeness (QED) is 0.549. The lowest BCUT2D eigenvalue weighted by molar-refractivity contribution is -0.156. The molecule has 0 aromatic rings. The van der Waals surface area contributed by atoms with Crippen LogP contribution in [-0.4, -0.2) is 55.8 Å². The Bertz CT molecular complexity index is 334. The maximum Gasteiger partial charge on any atom is 0.410 e. The van der Waals surface area contributed by atoms with Crippen LogP contribution in [0.15, 0.2) is 0 Å². The highest BCUT2D eigenvalue weighted by Crippen LogP contribution is 2.08. The van der Waals surface area contributed by atoms with Crippen molar-refractivity contribution in [2.45, 2.75) is 32.8 Å². The van der Waals surface area contributed by atoms with E-state index in [0.29, 0.717) is 0 Å². The molecule has 0 aromatic carbocycles. The number of hydrogen-bond acceptors (Lipinski definition) is 6. The standard InChI is InChI=1S/C12H21NO6/c1-12(2,3)19-10(15)8-13(11(16)18-5)7-6-9(14)17-4/h6-8H2,1-5H3. The molecule has 1 amide bonds. The van der Waals surface area contributed by atoms with Gasteiger partial charge in [-0.2, -0.15) is 0 Å². The van der Waals surface area contributed by atoms with E-state index in [1.54, 1.807) is 20.8 Å². The maximum absolute atomic E-state index is 11.6. The fourth-order valence-electron chi connectivity index (χ4n) is 1.22. The van der Waals surface area contributed by atoms with Crippen LogP contribution >= 0.6 is 0 Å². The Labute approximate surface area is 112 Å². The summed E-state index contributed by atoms with van der Waals surface area (Å²) in [5, 5.41) is 0. The van der Waals surface area contributed by atoms with Crippen molar-refractivity contribution in [2.75, 3.05) is 27.3 Å². The van der Waals surface area contributed by atoms with Gasteiger partial charge in [-0.25, -0.2) is 4.79 Å². The van der Waals surface area contributed by atoms with E-state index < -0.39 is 23.6 Å². The zero-order valence-corrected chi connectivity index (χ0v) is 12.0. The summed E-state index contributed by atoms with van der Waals surface area (Å²) < 4.78 is 14.1. The van der Waals surface area contributed by atoms with Crippen molar-refractivity contribution < 1.29 is 28.6 Å². The average Bonchev–Trinajstić information content (AvgIpc) is 2.30. The van der Waals surface area contributed by atoms with Gasteiger partial charge in [0.15, 0.2) is 0 Å². The van der Waals surface area contributed by atoms with Gasteiger partial charge in [0.1, 0.15) is 12.1 Å².